The molecule has 0 saturated carbocycles. The molecule has 24 heavy (non-hydrogen) atoms. The number of hydrogen-bond acceptors (Lipinski definition) is 3. The van der Waals surface area contributed by atoms with Crippen LogP contribution < -0.4 is 0 Å². The smallest absolute Gasteiger partial charge is 0.263 e. The van der Waals surface area contributed by atoms with Gasteiger partial charge in [0, 0.05) is 23.9 Å². The van der Waals surface area contributed by atoms with Crippen molar-refractivity contribution in [2.24, 2.45) is 17.8 Å². The molecule has 2 aliphatic rings. The molecular formula is C19H29NO2SSi. The molecule has 3 rings (SSSR count). The lowest BCUT2D eigenvalue weighted by atomic mass is 9.99. The van der Waals surface area contributed by atoms with Crippen molar-refractivity contribution in [1.82, 2.24) is 4.90 Å². The van der Waals surface area contributed by atoms with Crippen LogP contribution in [0.5, 0.6) is 0 Å². The van der Waals surface area contributed by atoms with Crippen molar-refractivity contribution in [3.05, 3.63) is 33.7 Å². The number of hydrogen-bond donors (Lipinski definition) is 0. The Morgan fingerprint density at radius 1 is 1.38 bits per heavy atom. The zero-order chi connectivity index (χ0) is 17.5. The first-order chi connectivity index (χ1) is 11.2. The largest absolute Gasteiger partial charge is 0.547 e. The number of thiophene rings is 1. The van der Waals surface area contributed by atoms with E-state index in [0.29, 0.717) is 17.8 Å². The predicted octanol–water partition coefficient (Wildman–Crippen LogP) is 4.91. The molecular weight excluding hydrogens is 334 g/mol. The van der Waals surface area contributed by atoms with Gasteiger partial charge in [-0.2, -0.15) is 0 Å². The van der Waals surface area contributed by atoms with E-state index < -0.39 is 8.32 Å². The van der Waals surface area contributed by atoms with E-state index in [4.69, 9.17) is 4.43 Å². The highest BCUT2D eigenvalue weighted by Crippen LogP contribution is 2.41. The van der Waals surface area contributed by atoms with Crippen LogP contribution in [0.4, 0.5) is 0 Å². The summed E-state index contributed by atoms with van der Waals surface area (Å²) >= 11 is 1.60. The van der Waals surface area contributed by atoms with Crippen LogP contribution in [0.15, 0.2) is 24.0 Å². The van der Waals surface area contributed by atoms with Gasteiger partial charge in [-0.3, -0.25) is 4.79 Å². The molecule has 1 fully saturated rings. The van der Waals surface area contributed by atoms with Gasteiger partial charge in [0.2, 0.25) is 8.32 Å². The Kier molecular flexibility index (Phi) is 4.93. The molecule has 1 aliphatic carbocycles. The van der Waals surface area contributed by atoms with E-state index in [1.54, 1.807) is 11.3 Å². The predicted molar refractivity (Wildman–Crippen MR) is 103 cm³/mol. The summed E-state index contributed by atoms with van der Waals surface area (Å²) in [6.07, 6.45) is 3.35. The second kappa shape index (κ2) is 6.68. The minimum absolute atomic E-state index is 0.195. The molecule has 1 aliphatic heterocycles. The molecule has 0 unspecified atom stereocenters. The molecule has 1 amide bonds. The minimum Gasteiger partial charge on any atom is -0.547 e. The number of allylic oxidation sites excluding steroid dienone is 1. The minimum atomic E-state index is -1.67. The summed E-state index contributed by atoms with van der Waals surface area (Å²) in [5, 5.41) is 0. The number of fused-ring (bicyclic) bond motifs is 1. The van der Waals surface area contributed by atoms with E-state index in [9.17, 15) is 4.79 Å². The van der Waals surface area contributed by atoms with Gasteiger partial charge in [-0.05, 0) is 62.5 Å². The van der Waals surface area contributed by atoms with Gasteiger partial charge in [0.1, 0.15) is 0 Å². The topological polar surface area (TPSA) is 29.5 Å². The van der Waals surface area contributed by atoms with Gasteiger partial charge in [-0.1, -0.05) is 13.8 Å². The third-order valence-electron chi connectivity index (χ3n) is 4.96. The molecule has 0 N–H and O–H groups in total. The second-order valence-corrected chi connectivity index (χ2v) is 13.7. The molecule has 0 aromatic carbocycles. The van der Waals surface area contributed by atoms with Crippen molar-refractivity contribution in [1.29, 1.82) is 0 Å². The quantitative estimate of drug-likeness (QED) is 0.696. The summed E-state index contributed by atoms with van der Waals surface area (Å²) in [7, 11) is -1.67. The summed E-state index contributed by atoms with van der Waals surface area (Å²) in [4.78, 5) is 16.8. The van der Waals surface area contributed by atoms with Crippen LogP contribution in [0.1, 0.15) is 34.8 Å². The summed E-state index contributed by atoms with van der Waals surface area (Å²) in [5.74, 6) is 3.01. The Bertz CT molecular complexity index is 650. The fourth-order valence-corrected chi connectivity index (χ4v) is 7.94. The summed E-state index contributed by atoms with van der Waals surface area (Å²) in [5.41, 5.74) is 0. The maximum Gasteiger partial charge on any atom is 0.263 e. The van der Waals surface area contributed by atoms with E-state index in [2.05, 4.69) is 39.9 Å². The van der Waals surface area contributed by atoms with Crippen molar-refractivity contribution in [2.75, 3.05) is 13.1 Å². The van der Waals surface area contributed by atoms with Crippen molar-refractivity contribution in [3.63, 3.8) is 0 Å². The fraction of sp³-hybridized carbons (Fsp3) is 0.632. The lowest BCUT2D eigenvalue weighted by Crippen LogP contribution is -2.34. The first-order valence-corrected chi connectivity index (χ1v) is 12.9. The molecule has 2 atom stereocenters. The van der Waals surface area contributed by atoms with Gasteiger partial charge in [0.25, 0.3) is 5.91 Å². The lowest BCUT2D eigenvalue weighted by Gasteiger charge is -2.29. The maximum atomic E-state index is 12.7. The molecule has 2 heterocycles. The highest BCUT2D eigenvalue weighted by Gasteiger charge is 2.43. The summed E-state index contributed by atoms with van der Waals surface area (Å²) in [6.45, 7) is 12.9. The third-order valence-corrected chi connectivity index (χ3v) is 8.54. The second-order valence-electron chi connectivity index (χ2n) is 8.29. The van der Waals surface area contributed by atoms with E-state index in [-0.39, 0.29) is 5.91 Å². The van der Waals surface area contributed by atoms with Crippen LogP contribution in [0.25, 0.3) is 0 Å². The summed E-state index contributed by atoms with van der Waals surface area (Å²) < 4.78 is 6.53. The van der Waals surface area contributed by atoms with E-state index in [0.717, 1.165) is 24.4 Å². The standard InChI is InChI=1S/C19H29NO2SSi/c1-13(2)12-24(4,5)22-17-8-7-15-10-20(11-16(15)17)19(21)18-9-6-14(3)23-18/h6,8-9,13,15-16H,7,10-12H2,1-5H3/t15-,16+/m0/s1. The van der Waals surface area contributed by atoms with Crippen molar-refractivity contribution in [3.8, 4) is 0 Å². The zero-order valence-corrected chi connectivity index (χ0v) is 17.3. The number of carbonyl (C=O) groups excluding carboxylic acids is 1. The molecule has 132 valence electrons. The molecule has 5 heteroatoms. The Balaban J connectivity index is 1.64. The Labute approximate surface area is 150 Å². The Morgan fingerprint density at radius 2 is 2.12 bits per heavy atom. The van der Waals surface area contributed by atoms with Crippen molar-refractivity contribution >= 4 is 25.6 Å². The van der Waals surface area contributed by atoms with Crippen LogP contribution in [0, 0.1) is 24.7 Å². The number of nitrogens with zero attached hydrogens (tertiary/aromatic N) is 1. The number of amides is 1. The summed E-state index contributed by atoms with van der Waals surface area (Å²) in [6, 6.07) is 5.17. The maximum absolute atomic E-state index is 12.7. The van der Waals surface area contributed by atoms with Gasteiger partial charge < -0.3 is 9.33 Å². The third kappa shape index (κ3) is 3.77. The van der Waals surface area contributed by atoms with Crippen LogP contribution in [0.2, 0.25) is 19.1 Å². The van der Waals surface area contributed by atoms with Crippen LogP contribution >= 0.6 is 11.3 Å². The lowest BCUT2D eigenvalue weighted by molar-refractivity contribution is 0.0787. The van der Waals surface area contributed by atoms with E-state index in [1.807, 2.05) is 17.0 Å². The van der Waals surface area contributed by atoms with Crippen molar-refractivity contribution < 1.29 is 9.22 Å². The molecule has 1 aromatic heterocycles. The number of carbonyl (C=O) groups is 1. The number of rotatable bonds is 5. The van der Waals surface area contributed by atoms with Gasteiger partial charge in [0.05, 0.1) is 10.6 Å². The van der Waals surface area contributed by atoms with Crippen LogP contribution in [0.3, 0.4) is 0 Å². The molecule has 1 saturated heterocycles. The van der Waals surface area contributed by atoms with Crippen LogP contribution in [-0.2, 0) is 4.43 Å². The zero-order valence-electron chi connectivity index (χ0n) is 15.5. The fourth-order valence-electron chi connectivity index (χ4n) is 4.18. The normalized spacial score (nSPS) is 23.6. The van der Waals surface area contributed by atoms with E-state index in [1.165, 1.54) is 16.7 Å². The molecule has 0 bridgehead atoms. The number of likely N-dealkylation sites (tertiary alicyclic amines) is 1. The Morgan fingerprint density at radius 3 is 2.75 bits per heavy atom. The monoisotopic (exact) mass is 363 g/mol. The first-order valence-electron chi connectivity index (χ1n) is 9.00. The average Bonchev–Trinajstić information content (AvgIpc) is 3.13. The van der Waals surface area contributed by atoms with Crippen LogP contribution in [-0.4, -0.2) is 32.2 Å². The van der Waals surface area contributed by atoms with Crippen molar-refractivity contribution in [2.45, 2.75) is 46.3 Å². The average molecular weight is 364 g/mol. The van der Waals surface area contributed by atoms with Gasteiger partial charge >= 0.3 is 0 Å². The highest BCUT2D eigenvalue weighted by atomic mass is 32.1. The molecule has 1 aromatic rings. The molecule has 0 radical (unpaired) electrons. The SMILES string of the molecule is Cc1ccc(C(=O)N2C[C@@H]3CC=C(O[Si](C)(C)CC(C)C)[C@@H]3C2)s1. The number of aryl methyl sites for hydroxylation is 1. The Hall–Kier alpha value is -1.07. The highest BCUT2D eigenvalue weighted by molar-refractivity contribution is 7.13. The van der Waals surface area contributed by atoms with Gasteiger partial charge in [-0.25, -0.2) is 0 Å². The molecule has 0 spiro atoms. The van der Waals surface area contributed by atoms with E-state index >= 15 is 0 Å². The molecule has 3 nitrogen and oxygen atoms in total. The van der Waals surface area contributed by atoms with Gasteiger partial charge in [-0.15, -0.1) is 11.3 Å². The van der Waals surface area contributed by atoms with Gasteiger partial charge in [0.15, 0.2) is 0 Å². The first kappa shape index (κ1) is 17.7.